The van der Waals surface area contributed by atoms with E-state index >= 15 is 0 Å². The summed E-state index contributed by atoms with van der Waals surface area (Å²) in [6, 6.07) is -0.830. The first-order chi connectivity index (χ1) is 39.1. The van der Waals surface area contributed by atoms with E-state index in [1.165, 1.54) is 167 Å². The second-order valence-corrected chi connectivity index (χ2v) is 23.2. The number of amides is 1. The molecule has 0 saturated carbocycles. The molecule has 2 aliphatic rings. The van der Waals surface area contributed by atoms with Gasteiger partial charge in [-0.05, 0) is 51.4 Å². The zero-order valence-corrected chi connectivity index (χ0v) is 50.6. The molecule has 468 valence electrons. The number of unbranched alkanes of at least 4 members (excludes halogenated alkanes) is 32. The van der Waals surface area contributed by atoms with E-state index < -0.39 is 86.8 Å². The van der Waals surface area contributed by atoms with Crippen molar-refractivity contribution in [3.8, 4) is 0 Å². The number of aliphatic hydroxyl groups is 8. The van der Waals surface area contributed by atoms with Crippen molar-refractivity contribution in [3.05, 3.63) is 48.6 Å². The van der Waals surface area contributed by atoms with Crippen molar-refractivity contribution in [3.63, 3.8) is 0 Å². The Morgan fingerprint density at radius 1 is 0.463 bits per heavy atom. The standard InChI is InChI=1S/C66H121NO13/c1-3-5-7-9-11-13-15-17-19-21-23-24-25-26-27-28-29-30-32-34-36-38-40-42-44-46-48-50-58(71)67-54(55(70)49-47-45-43-41-39-37-35-33-31-22-20-18-16-14-12-10-8-6-4-2)53-77-65-63(76)61(74)64(57(52-69)79-65)80-66-62(75)60(73)59(72)56(51-68)78-66/h5,7,11,13,17,19,23-24,54-57,59-66,68-70,72-76H,3-4,6,8-10,12,14-16,18,20-22,25-53H2,1-2H3,(H,67,71)/b7-5-,13-11-,19-17-,24-23-. The molecular formula is C66H121NO13. The Labute approximate surface area is 486 Å². The molecule has 9 N–H and O–H groups in total. The minimum atomic E-state index is -1.78. The number of hydrogen-bond acceptors (Lipinski definition) is 13. The number of allylic oxidation sites excluding steroid dienone is 8. The number of carbonyl (C=O) groups is 1. The molecule has 0 bridgehead atoms. The van der Waals surface area contributed by atoms with Crippen molar-refractivity contribution in [2.24, 2.45) is 0 Å². The van der Waals surface area contributed by atoms with Gasteiger partial charge in [0.15, 0.2) is 12.6 Å². The molecule has 2 aliphatic heterocycles. The van der Waals surface area contributed by atoms with Gasteiger partial charge in [0.25, 0.3) is 0 Å². The van der Waals surface area contributed by atoms with Crippen LogP contribution in [-0.4, -0.2) is 140 Å². The van der Waals surface area contributed by atoms with Crippen molar-refractivity contribution in [1.82, 2.24) is 5.32 Å². The van der Waals surface area contributed by atoms with Gasteiger partial charge in [0.2, 0.25) is 5.91 Å². The summed E-state index contributed by atoms with van der Waals surface area (Å²) < 4.78 is 22.9. The van der Waals surface area contributed by atoms with Crippen molar-refractivity contribution in [2.75, 3.05) is 19.8 Å². The molecular weight excluding hydrogens is 1010 g/mol. The van der Waals surface area contributed by atoms with Crippen molar-refractivity contribution in [2.45, 2.75) is 344 Å². The molecule has 0 aliphatic carbocycles. The highest BCUT2D eigenvalue weighted by molar-refractivity contribution is 5.76. The predicted molar refractivity (Wildman–Crippen MR) is 323 cm³/mol. The average Bonchev–Trinajstić information content (AvgIpc) is 3.49. The van der Waals surface area contributed by atoms with Gasteiger partial charge < -0.3 is 65.1 Å². The summed E-state index contributed by atoms with van der Waals surface area (Å²) in [6.07, 6.45) is 48.2. The van der Waals surface area contributed by atoms with E-state index in [1.54, 1.807) is 0 Å². The molecule has 2 rings (SSSR count). The van der Waals surface area contributed by atoms with Gasteiger partial charge in [-0.3, -0.25) is 4.79 Å². The second kappa shape index (κ2) is 51.4. The highest BCUT2D eigenvalue weighted by Crippen LogP contribution is 2.30. The second-order valence-electron chi connectivity index (χ2n) is 23.2. The quantitative estimate of drug-likeness (QED) is 0.0204. The fraction of sp³-hybridized carbons (Fsp3) is 0.864. The summed E-state index contributed by atoms with van der Waals surface area (Å²) in [7, 11) is 0. The van der Waals surface area contributed by atoms with Gasteiger partial charge in [0.1, 0.15) is 48.8 Å². The maximum atomic E-state index is 13.3. The summed E-state index contributed by atoms with van der Waals surface area (Å²) >= 11 is 0. The molecule has 14 heteroatoms. The molecule has 2 heterocycles. The Hall–Kier alpha value is -2.05. The van der Waals surface area contributed by atoms with Gasteiger partial charge in [0, 0.05) is 6.42 Å². The smallest absolute Gasteiger partial charge is 0.220 e. The van der Waals surface area contributed by atoms with Crippen LogP contribution in [0.3, 0.4) is 0 Å². The van der Waals surface area contributed by atoms with E-state index in [0.717, 1.165) is 77.0 Å². The van der Waals surface area contributed by atoms with Gasteiger partial charge in [-0.25, -0.2) is 0 Å². The van der Waals surface area contributed by atoms with Crippen LogP contribution in [0, 0.1) is 0 Å². The Morgan fingerprint density at radius 2 is 0.863 bits per heavy atom. The molecule has 2 fully saturated rings. The van der Waals surface area contributed by atoms with E-state index in [4.69, 9.17) is 18.9 Å². The lowest BCUT2D eigenvalue weighted by Gasteiger charge is -2.46. The number of hydrogen-bond donors (Lipinski definition) is 9. The number of aliphatic hydroxyl groups excluding tert-OH is 8. The van der Waals surface area contributed by atoms with Gasteiger partial charge in [-0.15, -0.1) is 0 Å². The molecule has 80 heavy (non-hydrogen) atoms. The Morgan fingerprint density at radius 3 is 1.32 bits per heavy atom. The van der Waals surface area contributed by atoms with Crippen LogP contribution in [0.5, 0.6) is 0 Å². The minimum Gasteiger partial charge on any atom is -0.394 e. The first kappa shape index (κ1) is 74.1. The maximum absolute atomic E-state index is 13.3. The Kier molecular flexibility index (Phi) is 47.6. The highest BCUT2D eigenvalue weighted by Gasteiger charge is 2.51. The molecule has 12 unspecified atom stereocenters. The normalized spacial score (nSPS) is 24.5. The molecule has 0 aromatic carbocycles. The van der Waals surface area contributed by atoms with Crippen LogP contribution in [-0.2, 0) is 23.7 Å². The molecule has 0 aromatic heterocycles. The molecule has 0 radical (unpaired) electrons. The summed E-state index contributed by atoms with van der Waals surface area (Å²) in [6.45, 7) is 2.78. The topological polar surface area (TPSA) is 228 Å². The molecule has 2 saturated heterocycles. The Balaban J connectivity index is 1.69. The van der Waals surface area contributed by atoms with Crippen LogP contribution < -0.4 is 5.32 Å². The monoisotopic (exact) mass is 1140 g/mol. The number of nitrogens with one attached hydrogen (secondary N) is 1. The number of ether oxygens (including phenoxy) is 4. The molecule has 0 aromatic rings. The lowest BCUT2D eigenvalue weighted by atomic mass is 9.97. The molecule has 12 atom stereocenters. The zero-order chi connectivity index (χ0) is 58.1. The van der Waals surface area contributed by atoms with E-state index in [2.05, 4.69) is 67.8 Å². The lowest BCUT2D eigenvalue weighted by Crippen LogP contribution is -2.65. The summed E-state index contributed by atoms with van der Waals surface area (Å²) in [4.78, 5) is 13.3. The summed E-state index contributed by atoms with van der Waals surface area (Å²) in [5.74, 6) is -0.206. The van der Waals surface area contributed by atoms with Crippen LogP contribution >= 0.6 is 0 Å². The van der Waals surface area contributed by atoms with Gasteiger partial charge in [0.05, 0.1) is 32.0 Å². The predicted octanol–water partition coefficient (Wildman–Crippen LogP) is 12.3. The summed E-state index contributed by atoms with van der Waals surface area (Å²) in [5, 5.41) is 87.5. The third-order valence-corrected chi connectivity index (χ3v) is 16.1. The fourth-order valence-electron chi connectivity index (χ4n) is 10.8. The Bertz CT molecular complexity index is 1530. The first-order valence-corrected chi connectivity index (χ1v) is 32.9. The number of carbonyl (C=O) groups excluding carboxylic acids is 1. The maximum Gasteiger partial charge on any atom is 0.220 e. The summed E-state index contributed by atoms with van der Waals surface area (Å²) in [5.41, 5.74) is 0. The van der Waals surface area contributed by atoms with E-state index in [9.17, 15) is 45.6 Å². The van der Waals surface area contributed by atoms with Crippen LogP contribution in [0.1, 0.15) is 271 Å². The largest absolute Gasteiger partial charge is 0.394 e. The fourth-order valence-corrected chi connectivity index (χ4v) is 10.8. The zero-order valence-electron chi connectivity index (χ0n) is 50.6. The van der Waals surface area contributed by atoms with Crippen LogP contribution in [0.15, 0.2) is 48.6 Å². The highest BCUT2D eigenvalue weighted by atomic mass is 16.7. The van der Waals surface area contributed by atoms with Crippen LogP contribution in [0.4, 0.5) is 0 Å². The van der Waals surface area contributed by atoms with E-state index in [0.29, 0.717) is 12.8 Å². The van der Waals surface area contributed by atoms with Crippen molar-refractivity contribution in [1.29, 1.82) is 0 Å². The SMILES string of the molecule is CC/C=C\C/C=C\C/C=C\C/C=C\CCCCCCCCCCCCCCCCC(=O)NC(COC1OC(CO)C(OC2OC(CO)C(O)C(O)C2O)C(O)C1O)C(O)CCCCCCCCCCCCCCCCCCCCC. The third-order valence-electron chi connectivity index (χ3n) is 16.1. The van der Waals surface area contributed by atoms with Gasteiger partial charge >= 0.3 is 0 Å². The third kappa shape index (κ3) is 35.9. The van der Waals surface area contributed by atoms with Crippen molar-refractivity contribution < 1.29 is 64.6 Å². The van der Waals surface area contributed by atoms with Crippen molar-refractivity contribution >= 4 is 5.91 Å². The van der Waals surface area contributed by atoms with E-state index in [1.807, 2.05) is 0 Å². The average molecular weight is 1140 g/mol. The molecule has 0 spiro atoms. The van der Waals surface area contributed by atoms with Crippen LogP contribution in [0.25, 0.3) is 0 Å². The van der Waals surface area contributed by atoms with Gasteiger partial charge in [-0.2, -0.15) is 0 Å². The van der Waals surface area contributed by atoms with Gasteiger partial charge in [-0.1, -0.05) is 262 Å². The molecule has 1 amide bonds. The molecule has 14 nitrogen and oxygen atoms in total. The number of rotatable bonds is 53. The lowest BCUT2D eigenvalue weighted by molar-refractivity contribution is -0.359. The minimum absolute atomic E-state index is 0.206. The first-order valence-electron chi connectivity index (χ1n) is 32.9. The van der Waals surface area contributed by atoms with Crippen LogP contribution in [0.2, 0.25) is 0 Å². The van der Waals surface area contributed by atoms with E-state index in [-0.39, 0.29) is 12.5 Å².